The monoisotopic (exact) mass is 355 g/mol. The van der Waals surface area contributed by atoms with E-state index in [4.69, 9.17) is 9.47 Å². The highest BCUT2D eigenvalue weighted by Gasteiger charge is 2.19. The Morgan fingerprint density at radius 1 is 1.08 bits per heavy atom. The predicted octanol–water partition coefficient (Wildman–Crippen LogP) is 2.88. The molecule has 1 aliphatic rings. The number of ether oxygens (including phenoxy) is 2. The molecule has 0 bridgehead atoms. The summed E-state index contributed by atoms with van der Waals surface area (Å²) in [6.07, 6.45) is 0.906. The summed E-state index contributed by atoms with van der Waals surface area (Å²) in [6.45, 7) is 1.39. The quantitative estimate of drug-likeness (QED) is 0.864. The molecule has 3 rings (SSSR count). The van der Waals surface area contributed by atoms with Gasteiger partial charge in [-0.15, -0.1) is 0 Å². The standard InChI is InChI=1S/C19H21N3O4/c1-25-16-9-4-13(12-17(16)26-2)18(23)21-14-5-7-15(8-6-14)22-11-3-10-20-19(22)24/h4-9,12H,3,10-11H2,1-2H3,(H,20,24)(H,21,23). The second kappa shape index (κ2) is 7.77. The van der Waals surface area contributed by atoms with Crippen molar-refractivity contribution in [3.05, 3.63) is 48.0 Å². The van der Waals surface area contributed by atoms with Crippen molar-refractivity contribution >= 4 is 23.3 Å². The zero-order valence-electron chi connectivity index (χ0n) is 14.7. The van der Waals surface area contributed by atoms with E-state index in [1.807, 2.05) is 12.1 Å². The molecule has 1 fully saturated rings. The highest BCUT2D eigenvalue weighted by molar-refractivity contribution is 6.04. The molecule has 1 aliphatic heterocycles. The Labute approximate surface area is 151 Å². The maximum absolute atomic E-state index is 12.4. The third kappa shape index (κ3) is 3.72. The summed E-state index contributed by atoms with van der Waals surface area (Å²) >= 11 is 0. The molecule has 0 radical (unpaired) electrons. The van der Waals surface area contributed by atoms with Gasteiger partial charge in [-0.2, -0.15) is 0 Å². The van der Waals surface area contributed by atoms with E-state index in [1.165, 1.54) is 7.11 Å². The molecule has 0 aliphatic carbocycles. The number of carbonyl (C=O) groups is 2. The number of urea groups is 1. The Kier molecular flexibility index (Phi) is 5.26. The van der Waals surface area contributed by atoms with Gasteiger partial charge in [-0.3, -0.25) is 9.69 Å². The summed E-state index contributed by atoms with van der Waals surface area (Å²) in [4.78, 5) is 26.0. The lowest BCUT2D eigenvalue weighted by Gasteiger charge is -2.27. The smallest absolute Gasteiger partial charge is 0.321 e. The third-order valence-electron chi connectivity index (χ3n) is 4.16. The fourth-order valence-corrected chi connectivity index (χ4v) is 2.78. The third-order valence-corrected chi connectivity index (χ3v) is 4.16. The lowest BCUT2D eigenvalue weighted by Crippen LogP contribution is -2.46. The molecular weight excluding hydrogens is 334 g/mol. The molecule has 0 aromatic heterocycles. The van der Waals surface area contributed by atoms with Crippen LogP contribution in [0.2, 0.25) is 0 Å². The van der Waals surface area contributed by atoms with E-state index in [-0.39, 0.29) is 11.9 Å². The van der Waals surface area contributed by atoms with Crippen LogP contribution in [-0.4, -0.2) is 39.2 Å². The number of nitrogens with zero attached hydrogens (tertiary/aromatic N) is 1. The second-order valence-electron chi connectivity index (χ2n) is 5.81. The molecule has 0 spiro atoms. The summed E-state index contributed by atoms with van der Waals surface area (Å²) in [6, 6.07) is 12.1. The largest absolute Gasteiger partial charge is 0.493 e. The van der Waals surface area contributed by atoms with Gasteiger partial charge in [0.15, 0.2) is 11.5 Å². The van der Waals surface area contributed by atoms with Gasteiger partial charge in [0.25, 0.3) is 5.91 Å². The number of methoxy groups -OCH3 is 2. The van der Waals surface area contributed by atoms with Crippen LogP contribution in [0.5, 0.6) is 11.5 Å². The van der Waals surface area contributed by atoms with Crippen molar-refractivity contribution in [3.63, 3.8) is 0 Å². The highest BCUT2D eigenvalue weighted by Crippen LogP contribution is 2.28. The van der Waals surface area contributed by atoms with E-state index < -0.39 is 0 Å². The van der Waals surface area contributed by atoms with E-state index in [0.717, 1.165) is 12.1 Å². The van der Waals surface area contributed by atoms with Gasteiger partial charge in [0.1, 0.15) is 0 Å². The SMILES string of the molecule is COc1ccc(C(=O)Nc2ccc(N3CCCNC3=O)cc2)cc1OC. The van der Waals surface area contributed by atoms with Gasteiger partial charge in [0.2, 0.25) is 0 Å². The van der Waals surface area contributed by atoms with Crippen LogP contribution in [0.15, 0.2) is 42.5 Å². The summed E-state index contributed by atoms with van der Waals surface area (Å²) in [5.41, 5.74) is 1.90. The Hall–Kier alpha value is -3.22. The number of carbonyl (C=O) groups excluding carboxylic acids is 2. The molecule has 0 unspecified atom stereocenters. The highest BCUT2D eigenvalue weighted by atomic mass is 16.5. The van der Waals surface area contributed by atoms with Crippen LogP contribution in [0, 0.1) is 0 Å². The Balaban J connectivity index is 1.70. The van der Waals surface area contributed by atoms with Crippen LogP contribution in [0.25, 0.3) is 0 Å². The van der Waals surface area contributed by atoms with Crippen molar-refractivity contribution in [2.45, 2.75) is 6.42 Å². The van der Waals surface area contributed by atoms with E-state index in [1.54, 1.807) is 42.3 Å². The Bertz CT molecular complexity index is 805. The van der Waals surface area contributed by atoms with Crippen molar-refractivity contribution < 1.29 is 19.1 Å². The van der Waals surface area contributed by atoms with Gasteiger partial charge < -0.3 is 20.1 Å². The van der Waals surface area contributed by atoms with Crippen molar-refractivity contribution in [2.75, 3.05) is 37.5 Å². The number of nitrogens with one attached hydrogen (secondary N) is 2. The van der Waals surface area contributed by atoms with Crippen LogP contribution < -0.4 is 25.0 Å². The molecule has 0 atom stereocenters. The molecule has 7 nitrogen and oxygen atoms in total. The number of anilines is 2. The van der Waals surface area contributed by atoms with Crippen LogP contribution in [-0.2, 0) is 0 Å². The number of hydrogen-bond acceptors (Lipinski definition) is 4. The predicted molar refractivity (Wildman–Crippen MR) is 99.3 cm³/mol. The molecule has 3 amide bonds. The molecular formula is C19H21N3O4. The Morgan fingerprint density at radius 3 is 2.46 bits per heavy atom. The average molecular weight is 355 g/mol. The molecule has 2 aromatic rings. The van der Waals surface area contributed by atoms with Crippen LogP contribution in [0.1, 0.15) is 16.8 Å². The second-order valence-corrected chi connectivity index (χ2v) is 5.81. The van der Waals surface area contributed by atoms with E-state index in [2.05, 4.69) is 10.6 Å². The minimum Gasteiger partial charge on any atom is -0.493 e. The van der Waals surface area contributed by atoms with Gasteiger partial charge in [0.05, 0.1) is 14.2 Å². The summed E-state index contributed by atoms with van der Waals surface area (Å²) in [7, 11) is 3.07. The van der Waals surface area contributed by atoms with Gasteiger partial charge in [0, 0.05) is 30.0 Å². The molecule has 1 saturated heterocycles. The molecule has 2 aromatic carbocycles. The molecule has 136 valence electrons. The van der Waals surface area contributed by atoms with E-state index in [9.17, 15) is 9.59 Å². The molecule has 2 N–H and O–H groups in total. The van der Waals surface area contributed by atoms with E-state index >= 15 is 0 Å². The Morgan fingerprint density at radius 2 is 1.81 bits per heavy atom. The van der Waals surface area contributed by atoms with Crippen molar-refractivity contribution in [1.82, 2.24) is 5.32 Å². The number of benzene rings is 2. The van der Waals surface area contributed by atoms with Crippen LogP contribution in [0.3, 0.4) is 0 Å². The zero-order valence-corrected chi connectivity index (χ0v) is 14.7. The minimum absolute atomic E-state index is 0.0987. The lowest BCUT2D eigenvalue weighted by molar-refractivity contribution is 0.102. The first-order chi connectivity index (χ1) is 12.6. The molecule has 26 heavy (non-hydrogen) atoms. The lowest BCUT2D eigenvalue weighted by atomic mass is 10.1. The number of amides is 3. The van der Waals surface area contributed by atoms with Crippen molar-refractivity contribution in [2.24, 2.45) is 0 Å². The molecule has 7 heteroatoms. The molecule has 0 saturated carbocycles. The fraction of sp³-hybridized carbons (Fsp3) is 0.263. The number of rotatable bonds is 5. The van der Waals surface area contributed by atoms with Crippen LogP contribution >= 0.6 is 0 Å². The zero-order chi connectivity index (χ0) is 18.5. The first kappa shape index (κ1) is 17.6. The fourth-order valence-electron chi connectivity index (χ4n) is 2.78. The summed E-state index contributed by atoms with van der Waals surface area (Å²) in [5, 5.41) is 5.65. The van der Waals surface area contributed by atoms with Crippen molar-refractivity contribution in [3.8, 4) is 11.5 Å². The first-order valence-electron chi connectivity index (χ1n) is 8.31. The van der Waals surface area contributed by atoms with Crippen molar-refractivity contribution in [1.29, 1.82) is 0 Å². The summed E-state index contributed by atoms with van der Waals surface area (Å²) in [5.74, 6) is 0.800. The minimum atomic E-state index is -0.255. The topological polar surface area (TPSA) is 79.9 Å². The van der Waals surface area contributed by atoms with Gasteiger partial charge in [-0.1, -0.05) is 0 Å². The summed E-state index contributed by atoms with van der Waals surface area (Å²) < 4.78 is 10.4. The maximum atomic E-state index is 12.4. The molecule has 1 heterocycles. The number of hydrogen-bond donors (Lipinski definition) is 2. The van der Waals surface area contributed by atoms with Gasteiger partial charge >= 0.3 is 6.03 Å². The average Bonchev–Trinajstić information content (AvgIpc) is 2.68. The van der Waals surface area contributed by atoms with Gasteiger partial charge in [-0.25, -0.2) is 4.79 Å². The van der Waals surface area contributed by atoms with E-state index in [0.29, 0.717) is 35.8 Å². The first-order valence-corrected chi connectivity index (χ1v) is 8.31. The normalized spacial score (nSPS) is 13.8. The van der Waals surface area contributed by atoms with Gasteiger partial charge in [-0.05, 0) is 48.9 Å². The maximum Gasteiger partial charge on any atom is 0.321 e. The van der Waals surface area contributed by atoms with Crippen LogP contribution in [0.4, 0.5) is 16.2 Å².